The van der Waals surface area contributed by atoms with Gasteiger partial charge in [-0.2, -0.15) is 0 Å². The van der Waals surface area contributed by atoms with Crippen LogP contribution in [0.1, 0.15) is 24.2 Å². The number of amides is 1. The van der Waals surface area contributed by atoms with Gasteiger partial charge in [0.05, 0.1) is 0 Å². The minimum atomic E-state index is -0.210. The van der Waals surface area contributed by atoms with Crippen LogP contribution in [0.2, 0.25) is 0 Å². The molecular formula is C21H23NO3. The molecule has 0 bridgehead atoms. The molecule has 2 rings (SSSR count). The van der Waals surface area contributed by atoms with E-state index in [9.17, 15) is 4.79 Å². The third-order valence-corrected chi connectivity index (χ3v) is 3.16. The Kier molecular flexibility index (Phi) is 6.40. The molecule has 0 saturated carbocycles. The van der Waals surface area contributed by atoms with E-state index >= 15 is 0 Å². The van der Waals surface area contributed by atoms with Crippen LogP contribution in [0.25, 0.3) is 0 Å². The summed E-state index contributed by atoms with van der Waals surface area (Å²) in [7, 11) is 0. The fraction of sp³-hybridized carbons (Fsp3) is 0.190. The van der Waals surface area contributed by atoms with Gasteiger partial charge in [-0.25, -0.2) is 0 Å². The molecule has 1 amide bonds. The van der Waals surface area contributed by atoms with E-state index < -0.39 is 0 Å². The normalized spacial score (nSPS) is 10.0. The predicted molar refractivity (Wildman–Crippen MR) is 101 cm³/mol. The number of carbonyl (C=O) groups excluding carboxylic acids is 1. The molecule has 0 unspecified atom stereocenters. The van der Waals surface area contributed by atoms with Gasteiger partial charge in [0.1, 0.15) is 24.7 Å². The first-order valence-electron chi connectivity index (χ1n) is 8.00. The summed E-state index contributed by atoms with van der Waals surface area (Å²) in [6.07, 6.45) is 0. The highest BCUT2D eigenvalue weighted by Gasteiger charge is 2.08. The second-order valence-electron chi connectivity index (χ2n) is 6.00. The Hall–Kier alpha value is -3.01. The SMILES string of the molecule is C=C(C)COc1cccc(NC(=O)c2cccc(OCC(=C)C)c2)c1. The van der Waals surface area contributed by atoms with E-state index in [1.807, 2.05) is 38.1 Å². The van der Waals surface area contributed by atoms with Gasteiger partial charge in [0, 0.05) is 17.3 Å². The summed E-state index contributed by atoms with van der Waals surface area (Å²) in [6, 6.07) is 14.3. The number of ether oxygens (including phenoxy) is 2. The van der Waals surface area contributed by atoms with Crippen molar-refractivity contribution in [2.45, 2.75) is 13.8 Å². The molecule has 0 saturated heterocycles. The molecule has 0 aromatic heterocycles. The van der Waals surface area contributed by atoms with Crippen molar-refractivity contribution in [3.63, 3.8) is 0 Å². The van der Waals surface area contributed by atoms with E-state index in [1.165, 1.54) is 0 Å². The highest BCUT2D eigenvalue weighted by atomic mass is 16.5. The van der Waals surface area contributed by atoms with Crippen LogP contribution >= 0.6 is 0 Å². The molecule has 25 heavy (non-hydrogen) atoms. The van der Waals surface area contributed by atoms with Crippen LogP contribution in [0.5, 0.6) is 11.5 Å². The Labute approximate surface area is 148 Å². The van der Waals surface area contributed by atoms with Crippen molar-refractivity contribution in [1.82, 2.24) is 0 Å². The standard InChI is InChI=1S/C21H23NO3/c1-15(2)13-24-19-9-5-7-17(11-19)21(23)22-18-8-6-10-20(12-18)25-14-16(3)4/h5-12H,1,3,13-14H2,2,4H3,(H,22,23). The average molecular weight is 337 g/mol. The number of hydrogen-bond donors (Lipinski definition) is 1. The Morgan fingerprint density at radius 2 is 1.48 bits per heavy atom. The van der Waals surface area contributed by atoms with Crippen molar-refractivity contribution >= 4 is 11.6 Å². The molecule has 4 nitrogen and oxygen atoms in total. The summed E-state index contributed by atoms with van der Waals surface area (Å²) >= 11 is 0. The highest BCUT2D eigenvalue weighted by Crippen LogP contribution is 2.20. The Balaban J connectivity index is 2.04. The first-order chi connectivity index (χ1) is 11.9. The summed E-state index contributed by atoms with van der Waals surface area (Å²) in [5.41, 5.74) is 3.03. The van der Waals surface area contributed by atoms with E-state index in [-0.39, 0.29) is 5.91 Å². The van der Waals surface area contributed by atoms with Crippen molar-refractivity contribution in [3.05, 3.63) is 78.4 Å². The van der Waals surface area contributed by atoms with Crippen molar-refractivity contribution in [2.24, 2.45) is 0 Å². The lowest BCUT2D eigenvalue weighted by atomic mass is 10.2. The Morgan fingerprint density at radius 1 is 0.920 bits per heavy atom. The van der Waals surface area contributed by atoms with Crippen molar-refractivity contribution < 1.29 is 14.3 Å². The first kappa shape index (κ1) is 18.3. The predicted octanol–water partition coefficient (Wildman–Crippen LogP) is 4.85. The zero-order valence-electron chi connectivity index (χ0n) is 14.7. The van der Waals surface area contributed by atoms with Gasteiger partial charge in [0.2, 0.25) is 0 Å². The fourth-order valence-electron chi connectivity index (χ4n) is 2.01. The summed E-state index contributed by atoms with van der Waals surface area (Å²) in [5, 5.41) is 2.86. The highest BCUT2D eigenvalue weighted by molar-refractivity contribution is 6.04. The number of anilines is 1. The lowest BCUT2D eigenvalue weighted by Gasteiger charge is -2.10. The molecule has 4 heteroatoms. The van der Waals surface area contributed by atoms with Gasteiger partial charge >= 0.3 is 0 Å². The van der Waals surface area contributed by atoms with Gasteiger partial charge in [0.15, 0.2) is 0 Å². The first-order valence-corrected chi connectivity index (χ1v) is 8.00. The molecule has 130 valence electrons. The molecule has 0 fully saturated rings. The van der Waals surface area contributed by atoms with Crippen molar-refractivity contribution in [2.75, 3.05) is 18.5 Å². The zero-order chi connectivity index (χ0) is 18.2. The summed E-state index contributed by atoms with van der Waals surface area (Å²) < 4.78 is 11.2. The molecule has 0 atom stereocenters. The molecule has 2 aromatic rings. The molecule has 0 heterocycles. The monoisotopic (exact) mass is 337 g/mol. The maximum absolute atomic E-state index is 12.4. The molecule has 0 spiro atoms. The number of carbonyl (C=O) groups is 1. The topological polar surface area (TPSA) is 47.6 Å². The minimum Gasteiger partial charge on any atom is -0.489 e. The van der Waals surface area contributed by atoms with E-state index in [2.05, 4.69) is 18.5 Å². The zero-order valence-corrected chi connectivity index (χ0v) is 14.7. The quantitative estimate of drug-likeness (QED) is 0.701. The average Bonchev–Trinajstić information content (AvgIpc) is 2.59. The van der Waals surface area contributed by atoms with E-state index in [4.69, 9.17) is 9.47 Å². The van der Waals surface area contributed by atoms with Gasteiger partial charge in [-0.05, 0) is 55.3 Å². The van der Waals surface area contributed by atoms with Gasteiger partial charge in [-0.3, -0.25) is 4.79 Å². The molecule has 1 N–H and O–H groups in total. The van der Waals surface area contributed by atoms with Crippen molar-refractivity contribution in [3.8, 4) is 11.5 Å². The van der Waals surface area contributed by atoms with Gasteiger partial charge in [-0.1, -0.05) is 25.3 Å². The van der Waals surface area contributed by atoms with Crippen LogP contribution in [0.4, 0.5) is 5.69 Å². The maximum atomic E-state index is 12.4. The van der Waals surface area contributed by atoms with Crippen LogP contribution in [0.15, 0.2) is 72.8 Å². The van der Waals surface area contributed by atoms with Gasteiger partial charge in [-0.15, -0.1) is 0 Å². The molecule has 2 aromatic carbocycles. The fourth-order valence-corrected chi connectivity index (χ4v) is 2.01. The second-order valence-corrected chi connectivity index (χ2v) is 6.00. The van der Waals surface area contributed by atoms with Gasteiger partial charge < -0.3 is 14.8 Å². The minimum absolute atomic E-state index is 0.210. The largest absolute Gasteiger partial charge is 0.489 e. The Morgan fingerprint density at radius 3 is 2.08 bits per heavy atom. The molecular weight excluding hydrogens is 314 g/mol. The lowest BCUT2D eigenvalue weighted by Crippen LogP contribution is -2.12. The van der Waals surface area contributed by atoms with Crippen LogP contribution in [0, 0.1) is 0 Å². The second kappa shape index (κ2) is 8.73. The van der Waals surface area contributed by atoms with E-state index in [0.717, 1.165) is 11.1 Å². The number of nitrogens with one attached hydrogen (secondary N) is 1. The lowest BCUT2D eigenvalue weighted by molar-refractivity contribution is 0.102. The molecule has 0 aliphatic heterocycles. The number of rotatable bonds is 8. The van der Waals surface area contributed by atoms with Crippen LogP contribution in [0.3, 0.4) is 0 Å². The van der Waals surface area contributed by atoms with Crippen molar-refractivity contribution in [1.29, 1.82) is 0 Å². The molecule has 0 radical (unpaired) electrons. The van der Waals surface area contributed by atoms with Crippen LogP contribution < -0.4 is 14.8 Å². The van der Waals surface area contributed by atoms with E-state index in [1.54, 1.807) is 24.3 Å². The molecule has 0 aliphatic carbocycles. The summed E-state index contributed by atoms with van der Waals surface area (Å²) in [5.74, 6) is 1.10. The number of benzene rings is 2. The Bertz CT molecular complexity index is 780. The van der Waals surface area contributed by atoms with Crippen LogP contribution in [-0.4, -0.2) is 19.1 Å². The third kappa shape index (κ3) is 6.18. The molecule has 0 aliphatic rings. The third-order valence-electron chi connectivity index (χ3n) is 3.16. The summed E-state index contributed by atoms with van der Waals surface area (Å²) in [6.45, 7) is 12.3. The van der Waals surface area contributed by atoms with E-state index in [0.29, 0.717) is 36.0 Å². The van der Waals surface area contributed by atoms with Gasteiger partial charge in [0.25, 0.3) is 5.91 Å². The van der Waals surface area contributed by atoms with Crippen LogP contribution in [-0.2, 0) is 0 Å². The maximum Gasteiger partial charge on any atom is 0.255 e. The summed E-state index contributed by atoms with van der Waals surface area (Å²) in [4.78, 5) is 12.4. The smallest absolute Gasteiger partial charge is 0.255 e. The number of hydrogen-bond acceptors (Lipinski definition) is 3.